The molecule has 0 bridgehead atoms. The van der Waals surface area contributed by atoms with E-state index in [4.69, 9.17) is 12.2 Å². The Labute approximate surface area is 182 Å². The van der Waals surface area contributed by atoms with Crippen molar-refractivity contribution in [1.82, 2.24) is 14.4 Å². The second kappa shape index (κ2) is 7.57. The second-order valence-electron chi connectivity index (χ2n) is 6.92. The Morgan fingerprint density at radius 1 is 0.966 bits per heavy atom. The predicted molar refractivity (Wildman–Crippen MR) is 121 cm³/mol. The third kappa shape index (κ3) is 3.52. The van der Waals surface area contributed by atoms with Gasteiger partial charge < -0.3 is 4.57 Å². The maximum absolute atomic E-state index is 12.7. The fourth-order valence-electron chi connectivity index (χ4n) is 3.44. The number of hydrogen-bond donors (Lipinski definition) is 0. The number of benzene rings is 2. The summed E-state index contributed by atoms with van der Waals surface area (Å²) in [5.41, 5.74) is 3.12. The molecule has 7 heteroatoms. The van der Waals surface area contributed by atoms with Crippen LogP contribution in [0.1, 0.15) is 11.1 Å². The Morgan fingerprint density at radius 3 is 2.24 bits per heavy atom. The molecule has 1 fully saturated rings. The van der Waals surface area contributed by atoms with Crippen LogP contribution in [0.4, 0.5) is 0 Å². The Hall–Kier alpha value is -2.77. The van der Waals surface area contributed by atoms with Crippen LogP contribution in [0.15, 0.2) is 64.8 Å². The van der Waals surface area contributed by atoms with E-state index in [1.54, 1.807) is 20.2 Å². The van der Waals surface area contributed by atoms with Crippen molar-refractivity contribution in [3.8, 4) is 0 Å². The van der Waals surface area contributed by atoms with Gasteiger partial charge in [0.25, 0.3) is 11.8 Å². The van der Waals surface area contributed by atoms with Gasteiger partial charge in [-0.2, -0.15) is 0 Å². The Kier molecular flexibility index (Phi) is 5.10. The number of thiocarbonyl (C=S) groups is 1. The molecule has 2 amide bonds. The van der Waals surface area contributed by atoms with Crippen molar-refractivity contribution >= 4 is 62.1 Å². The van der Waals surface area contributed by atoms with Crippen molar-refractivity contribution in [3.63, 3.8) is 0 Å². The Morgan fingerprint density at radius 2 is 1.59 bits per heavy atom. The maximum Gasteiger partial charge on any atom is 0.265 e. The predicted octanol–water partition coefficient (Wildman–Crippen LogP) is 4.05. The maximum atomic E-state index is 12.7. The van der Waals surface area contributed by atoms with Crippen LogP contribution in [0.25, 0.3) is 17.0 Å². The molecule has 0 aliphatic carbocycles. The van der Waals surface area contributed by atoms with Gasteiger partial charge in [0.2, 0.25) is 0 Å². The highest BCUT2D eigenvalue weighted by atomic mass is 79.9. The van der Waals surface area contributed by atoms with E-state index in [0.29, 0.717) is 6.54 Å². The zero-order valence-electron chi connectivity index (χ0n) is 15.9. The molecule has 0 N–H and O–H groups in total. The van der Waals surface area contributed by atoms with E-state index in [-0.39, 0.29) is 22.5 Å². The average Bonchev–Trinajstić information content (AvgIpc) is 3.07. The quantitative estimate of drug-likeness (QED) is 0.331. The molecule has 4 rings (SSSR count). The topological polar surface area (TPSA) is 45.6 Å². The highest BCUT2D eigenvalue weighted by molar-refractivity contribution is 9.10. The van der Waals surface area contributed by atoms with Crippen LogP contribution in [-0.2, 0) is 16.1 Å². The van der Waals surface area contributed by atoms with E-state index < -0.39 is 0 Å². The number of halogens is 1. The van der Waals surface area contributed by atoms with Gasteiger partial charge in [0, 0.05) is 47.8 Å². The lowest BCUT2D eigenvalue weighted by Gasteiger charge is -2.31. The summed E-state index contributed by atoms with van der Waals surface area (Å²) in [6, 6.07) is 16.1. The lowest BCUT2D eigenvalue weighted by Crippen LogP contribution is -2.52. The second-order valence-corrected chi connectivity index (χ2v) is 8.21. The van der Waals surface area contributed by atoms with Gasteiger partial charge in [-0.05, 0) is 42.1 Å². The summed E-state index contributed by atoms with van der Waals surface area (Å²) in [6.45, 7) is 0.683. The van der Waals surface area contributed by atoms with Gasteiger partial charge in [-0.3, -0.25) is 19.4 Å². The van der Waals surface area contributed by atoms with Crippen LogP contribution >= 0.6 is 28.1 Å². The summed E-state index contributed by atoms with van der Waals surface area (Å²) in [5, 5.41) is 1.19. The molecule has 1 aromatic heterocycles. The molecule has 0 saturated carbocycles. The van der Waals surface area contributed by atoms with E-state index in [0.717, 1.165) is 26.5 Å². The highest BCUT2D eigenvalue weighted by Gasteiger charge is 2.35. The monoisotopic (exact) mass is 467 g/mol. The van der Waals surface area contributed by atoms with E-state index in [9.17, 15) is 9.59 Å². The molecule has 1 aliphatic heterocycles. The number of aromatic nitrogens is 1. The fraction of sp³-hybridized carbons (Fsp3) is 0.136. The van der Waals surface area contributed by atoms with Gasteiger partial charge in [0.05, 0.1) is 0 Å². The number of para-hydroxylation sites is 1. The number of carbonyl (C=O) groups is 2. The molecule has 2 aromatic carbocycles. The summed E-state index contributed by atoms with van der Waals surface area (Å²) < 4.78 is 3.16. The minimum atomic E-state index is -0.386. The number of hydrogen-bond acceptors (Lipinski definition) is 3. The zero-order chi connectivity index (χ0) is 20.7. The third-order valence-corrected chi connectivity index (χ3v) is 6.11. The van der Waals surface area contributed by atoms with Gasteiger partial charge in [0.15, 0.2) is 5.11 Å². The normalized spacial score (nSPS) is 14.9. The molecule has 0 radical (unpaired) electrons. The number of carbonyl (C=O) groups excluding carboxylic acids is 2. The minimum absolute atomic E-state index is 0.107. The summed E-state index contributed by atoms with van der Waals surface area (Å²) >= 11 is 8.62. The standard InChI is InChI=1S/C22H18BrN3O2S/c1-24-20(27)18(21(28)25(2)22(24)29)11-15-13-26(19-6-4-3-5-17(15)19)12-14-7-9-16(23)10-8-14/h3-11,13H,12H2,1-2H3. The molecule has 3 aromatic rings. The van der Waals surface area contributed by atoms with Gasteiger partial charge in [-0.1, -0.05) is 46.3 Å². The summed E-state index contributed by atoms with van der Waals surface area (Å²) in [5.74, 6) is -0.773. The first-order valence-corrected chi connectivity index (χ1v) is 10.2. The number of nitrogens with zero attached hydrogens (tertiary/aromatic N) is 3. The van der Waals surface area contributed by atoms with Gasteiger partial charge in [-0.15, -0.1) is 0 Å². The fourth-order valence-corrected chi connectivity index (χ4v) is 3.87. The smallest absolute Gasteiger partial charge is 0.265 e. The molecule has 0 unspecified atom stereocenters. The number of rotatable bonds is 3. The average molecular weight is 468 g/mol. The number of amides is 2. The molecule has 0 spiro atoms. The zero-order valence-corrected chi connectivity index (χ0v) is 18.3. The van der Waals surface area contributed by atoms with Crippen LogP contribution in [0.2, 0.25) is 0 Å². The van der Waals surface area contributed by atoms with E-state index in [1.807, 2.05) is 42.6 Å². The molecule has 29 heavy (non-hydrogen) atoms. The SMILES string of the molecule is CN1C(=O)C(=Cc2cn(Cc3ccc(Br)cc3)c3ccccc23)C(=O)N(C)C1=S. The summed E-state index contributed by atoms with van der Waals surface area (Å²) in [4.78, 5) is 28.0. The molecule has 1 saturated heterocycles. The minimum Gasteiger partial charge on any atom is -0.342 e. The van der Waals surface area contributed by atoms with Crippen LogP contribution < -0.4 is 0 Å². The highest BCUT2D eigenvalue weighted by Crippen LogP contribution is 2.27. The first kappa shape index (κ1) is 19.5. The van der Waals surface area contributed by atoms with Crippen molar-refractivity contribution < 1.29 is 9.59 Å². The third-order valence-electron chi connectivity index (χ3n) is 5.03. The molecule has 5 nitrogen and oxygen atoms in total. The van der Waals surface area contributed by atoms with E-state index >= 15 is 0 Å². The lowest BCUT2D eigenvalue weighted by atomic mass is 10.1. The van der Waals surface area contributed by atoms with Crippen LogP contribution in [0.3, 0.4) is 0 Å². The van der Waals surface area contributed by atoms with Gasteiger partial charge in [0.1, 0.15) is 5.57 Å². The van der Waals surface area contributed by atoms with E-state index in [1.165, 1.54) is 9.80 Å². The number of fused-ring (bicyclic) bond motifs is 1. The van der Waals surface area contributed by atoms with Crippen molar-refractivity contribution in [1.29, 1.82) is 0 Å². The molecular weight excluding hydrogens is 450 g/mol. The Balaban J connectivity index is 1.79. The number of likely N-dealkylation sites (N-methyl/N-ethyl adjacent to an activating group) is 2. The Bertz CT molecular complexity index is 1150. The lowest BCUT2D eigenvalue weighted by molar-refractivity contribution is -0.132. The van der Waals surface area contributed by atoms with Crippen LogP contribution in [0, 0.1) is 0 Å². The largest absolute Gasteiger partial charge is 0.342 e. The van der Waals surface area contributed by atoms with Gasteiger partial charge in [-0.25, -0.2) is 0 Å². The van der Waals surface area contributed by atoms with Crippen molar-refractivity contribution in [2.75, 3.05) is 14.1 Å². The van der Waals surface area contributed by atoms with Crippen molar-refractivity contribution in [2.45, 2.75) is 6.54 Å². The first-order chi connectivity index (χ1) is 13.9. The summed E-state index contributed by atoms with van der Waals surface area (Å²) in [7, 11) is 3.16. The molecule has 146 valence electrons. The first-order valence-electron chi connectivity index (χ1n) is 9.01. The molecular formula is C22H18BrN3O2S. The van der Waals surface area contributed by atoms with Gasteiger partial charge >= 0.3 is 0 Å². The van der Waals surface area contributed by atoms with Crippen LogP contribution in [0.5, 0.6) is 0 Å². The molecule has 2 heterocycles. The van der Waals surface area contributed by atoms with Crippen molar-refractivity contribution in [2.24, 2.45) is 0 Å². The van der Waals surface area contributed by atoms with Crippen LogP contribution in [-0.4, -0.2) is 45.4 Å². The summed E-state index contributed by atoms with van der Waals surface area (Å²) in [6.07, 6.45) is 3.65. The van der Waals surface area contributed by atoms with Crippen molar-refractivity contribution in [3.05, 3.63) is 75.9 Å². The molecule has 1 aliphatic rings. The van der Waals surface area contributed by atoms with E-state index in [2.05, 4.69) is 32.6 Å². The molecule has 0 atom stereocenters.